The van der Waals surface area contributed by atoms with E-state index in [9.17, 15) is 8.42 Å². The van der Waals surface area contributed by atoms with Crippen molar-refractivity contribution in [2.24, 2.45) is 0 Å². The number of hydrogen-bond donors (Lipinski definition) is 2. The zero-order chi connectivity index (χ0) is 14.0. The minimum Gasteiger partial charge on any atom is -0.494 e. The molecule has 2 N–H and O–H groups in total. The van der Waals surface area contributed by atoms with E-state index in [4.69, 9.17) is 16.3 Å². The second-order valence-corrected chi connectivity index (χ2v) is 6.30. The number of H-pyrrole nitrogens is 1. The molecule has 1 aromatic heterocycles. The highest BCUT2D eigenvalue weighted by Gasteiger charge is 2.23. The molecule has 1 heterocycles. The summed E-state index contributed by atoms with van der Waals surface area (Å²) in [6, 6.07) is 2.82. The van der Waals surface area contributed by atoms with Gasteiger partial charge < -0.3 is 4.74 Å². The number of ether oxygens (including phenoxy) is 1. The summed E-state index contributed by atoms with van der Waals surface area (Å²) >= 11 is 9.04. The summed E-state index contributed by atoms with van der Waals surface area (Å²) in [4.78, 5) is 3.58. The van der Waals surface area contributed by atoms with Gasteiger partial charge in [0.15, 0.2) is 5.75 Å². The number of rotatable bonds is 4. The van der Waals surface area contributed by atoms with Crippen LogP contribution in [0.1, 0.15) is 0 Å². The third-order valence-electron chi connectivity index (χ3n) is 2.11. The number of benzene rings is 1. The van der Waals surface area contributed by atoms with Crippen LogP contribution < -0.4 is 9.46 Å². The lowest BCUT2D eigenvalue weighted by atomic mass is 10.3. The fourth-order valence-corrected chi connectivity index (χ4v) is 3.72. The molecule has 0 aliphatic rings. The number of sulfonamides is 1. The van der Waals surface area contributed by atoms with Crippen molar-refractivity contribution in [3.63, 3.8) is 0 Å². The molecule has 0 saturated heterocycles. The Morgan fingerprint density at radius 2 is 2.21 bits per heavy atom. The van der Waals surface area contributed by atoms with Crippen molar-refractivity contribution in [3.8, 4) is 5.75 Å². The summed E-state index contributed by atoms with van der Waals surface area (Å²) < 4.78 is 32.2. The van der Waals surface area contributed by atoms with Gasteiger partial charge in [-0.3, -0.25) is 0 Å². The molecule has 0 aliphatic heterocycles. The van der Waals surface area contributed by atoms with Gasteiger partial charge in [-0.05, 0) is 28.1 Å². The van der Waals surface area contributed by atoms with Gasteiger partial charge in [0.25, 0.3) is 10.0 Å². The minimum absolute atomic E-state index is 0.00171. The first-order valence-corrected chi connectivity index (χ1v) is 7.50. The van der Waals surface area contributed by atoms with E-state index in [0.717, 1.165) is 0 Å². The molecule has 2 aromatic rings. The van der Waals surface area contributed by atoms with Crippen LogP contribution in [0.2, 0.25) is 5.02 Å². The Morgan fingerprint density at radius 1 is 1.47 bits per heavy atom. The number of aromatic amines is 1. The lowest BCUT2D eigenvalue weighted by Gasteiger charge is -2.12. The van der Waals surface area contributed by atoms with Crippen molar-refractivity contribution < 1.29 is 13.2 Å². The van der Waals surface area contributed by atoms with Crippen LogP contribution in [0.25, 0.3) is 0 Å². The van der Waals surface area contributed by atoms with Crippen molar-refractivity contribution in [2.75, 3.05) is 11.8 Å². The summed E-state index contributed by atoms with van der Waals surface area (Å²) in [5.41, 5.74) is 0. The summed E-state index contributed by atoms with van der Waals surface area (Å²) in [6.07, 6.45) is 1.18. The van der Waals surface area contributed by atoms with Crippen LogP contribution in [0.15, 0.2) is 27.8 Å². The molecule has 0 amide bonds. The molecule has 0 aliphatic carbocycles. The molecule has 0 fully saturated rings. The Morgan fingerprint density at radius 3 is 2.79 bits per heavy atom. The monoisotopic (exact) mass is 366 g/mol. The lowest BCUT2D eigenvalue weighted by Crippen LogP contribution is -2.15. The molecule has 0 bridgehead atoms. The van der Waals surface area contributed by atoms with E-state index < -0.39 is 10.0 Å². The first-order chi connectivity index (χ1) is 8.94. The molecule has 0 atom stereocenters. The Kier molecular flexibility index (Phi) is 3.97. The van der Waals surface area contributed by atoms with Gasteiger partial charge >= 0.3 is 0 Å². The van der Waals surface area contributed by atoms with Crippen molar-refractivity contribution in [2.45, 2.75) is 4.90 Å². The van der Waals surface area contributed by atoms with E-state index in [-0.39, 0.29) is 21.6 Å². The number of hydrogen-bond acceptors (Lipinski definition) is 5. The van der Waals surface area contributed by atoms with Gasteiger partial charge in [-0.15, -0.1) is 0 Å². The smallest absolute Gasteiger partial charge is 0.268 e. The molecule has 0 saturated carbocycles. The van der Waals surface area contributed by atoms with E-state index in [1.54, 1.807) is 0 Å². The number of anilines is 1. The number of aromatic nitrogens is 3. The van der Waals surface area contributed by atoms with Crippen molar-refractivity contribution >= 4 is 43.5 Å². The van der Waals surface area contributed by atoms with E-state index >= 15 is 0 Å². The maximum atomic E-state index is 12.2. The molecule has 2 rings (SSSR count). The second kappa shape index (κ2) is 5.35. The fourth-order valence-electron chi connectivity index (χ4n) is 1.37. The van der Waals surface area contributed by atoms with Gasteiger partial charge in [0, 0.05) is 5.02 Å². The zero-order valence-corrected chi connectivity index (χ0v) is 12.7. The average Bonchev–Trinajstić information content (AvgIpc) is 2.80. The largest absolute Gasteiger partial charge is 0.494 e. The van der Waals surface area contributed by atoms with Crippen LogP contribution in [-0.4, -0.2) is 30.7 Å². The predicted molar refractivity (Wildman–Crippen MR) is 72.9 cm³/mol. The highest BCUT2D eigenvalue weighted by atomic mass is 79.9. The Bertz CT molecular complexity index is 690. The van der Waals surface area contributed by atoms with Gasteiger partial charge in [-0.1, -0.05) is 11.6 Å². The van der Waals surface area contributed by atoms with Crippen molar-refractivity contribution in [1.82, 2.24) is 15.2 Å². The van der Waals surface area contributed by atoms with Crippen LogP contribution in [0.4, 0.5) is 5.95 Å². The van der Waals surface area contributed by atoms with E-state index in [2.05, 4.69) is 35.8 Å². The normalized spacial score (nSPS) is 11.3. The number of methoxy groups -OCH3 is 1. The van der Waals surface area contributed by atoms with Crippen LogP contribution in [0.5, 0.6) is 5.75 Å². The molecular weight excluding hydrogens is 360 g/mol. The van der Waals surface area contributed by atoms with Crippen LogP contribution >= 0.6 is 27.5 Å². The summed E-state index contributed by atoms with van der Waals surface area (Å²) in [5.74, 6) is 0.148. The van der Waals surface area contributed by atoms with Gasteiger partial charge in [0.2, 0.25) is 5.95 Å². The number of nitrogens with zero attached hydrogens (tertiary/aromatic N) is 2. The molecule has 0 radical (unpaired) electrons. The van der Waals surface area contributed by atoms with Crippen molar-refractivity contribution in [3.05, 3.63) is 28.0 Å². The lowest BCUT2D eigenvalue weighted by molar-refractivity contribution is 0.400. The molecular formula is C9H8BrClN4O3S. The highest BCUT2D eigenvalue weighted by molar-refractivity contribution is 9.10. The molecule has 0 unspecified atom stereocenters. The van der Waals surface area contributed by atoms with Gasteiger partial charge in [0.1, 0.15) is 11.2 Å². The third kappa shape index (κ3) is 2.99. The molecule has 0 spiro atoms. The Hall–Kier alpha value is -1.32. The van der Waals surface area contributed by atoms with Crippen molar-refractivity contribution in [1.29, 1.82) is 0 Å². The molecule has 1 aromatic carbocycles. The van der Waals surface area contributed by atoms with Crippen LogP contribution in [0, 0.1) is 0 Å². The molecule has 102 valence electrons. The Labute approximate surface area is 122 Å². The standard InChI is InChI=1S/C9H8BrClN4O3S/c1-18-8-6(10)2-5(11)3-7(8)19(16,17)15-9-12-4-13-14-9/h2-4H,1H3,(H2,12,13,14,15). The second-order valence-electron chi connectivity index (χ2n) is 3.36. The molecule has 7 nitrogen and oxygen atoms in total. The predicted octanol–water partition coefficient (Wildman–Crippen LogP) is 2.03. The highest BCUT2D eigenvalue weighted by Crippen LogP contribution is 2.35. The Balaban J connectivity index is 2.51. The van der Waals surface area contributed by atoms with Gasteiger partial charge in [-0.2, -0.15) is 10.1 Å². The topological polar surface area (TPSA) is 97.0 Å². The molecule has 19 heavy (non-hydrogen) atoms. The van der Waals surface area contributed by atoms with Gasteiger partial charge in [-0.25, -0.2) is 18.2 Å². The van der Waals surface area contributed by atoms with E-state index in [1.807, 2.05) is 0 Å². The minimum atomic E-state index is -3.89. The summed E-state index contributed by atoms with van der Waals surface area (Å²) in [6.45, 7) is 0. The van der Waals surface area contributed by atoms with E-state index in [0.29, 0.717) is 4.47 Å². The first kappa shape index (κ1) is 14.1. The quantitative estimate of drug-likeness (QED) is 0.862. The van der Waals surface area contributed by atoms with E-state index in [1.165, 1.54) is 25.6 Å². The fraction of sp³-hybridized carbons (Fsp3) is 0.111. The van der Waals surface area contributed by atoms with Crippen LogP contribution in [0.3, 0.4) is 0 Å². The molecule has 10 heteroatoms. The SMILES string of the molecule is COc1c(Br)cc(Cl)cc1S(=O)(=O)Nc1ncn[nH]1. The third-order valence-corrected chi connectivity index (χ3v) is 4.27. The first-order valence-electron chi connectivity index (χ1n) is 4.85. The van der Waals surface area contributed by atoms with Crippen LogP contribution in [-0.2, 0) is 10.0 Å². The number of halogens is 2. The number of nitrogens with one attached hydrogen (secondary N) is 2. The van der Waals surface area contributed by atoms with Gasteiger partial charge in [0.05, 0.1) is 11.6 Å². The summed E-state index contributed by atoms with van der Waals surface area (Å²) in [7, 11) is -2.53. The summed E-state index contributed by atoms with van der Waals surface area (Å²) in [5, 5.41) is 6.20. The average molecular weight is 368 g/mol. The maximum absolute atomic E-state index is 12.2. The maximum Gasteiger partial charge on any atom is 0.268 e. The zero-order valence-electron chi connectivity index (χ0n) is 9.52.